The SMILES string of the molecule is O=C(O)N1CCCCC1(NCC1CCCO1)c1cc2n(c1)C1CCNNC1NC2. The Labute approximate surface area is 171 Å². The molecule has 1 amide bonds. The van der Waals surface area contributed by atoms with Gasteiger partial charge in [0.1, 0.15) is 5.66 Å². The zero-order valence-corrected chi connectivity index (χ0v) is 16.8. The minimum Gasteiger partial charge on any atom is -0.465 e. The van der Waals surface area contributed by atoms with Gasteiger partial charge in [0.25, 0.3) is 0 Å². The molecule has 0 bridgehead atoms. The van der Waals surface area contributed by atoms with E-state index in [1.165, 1.54) is 5.69 Å². The van der Waals surface area contributed by atoms with Crippen molar-refractivity contribution in [3.05, 3.63) is 23.5 Å². The summed E-state index contributed by atoms with van der Waals surface area (Å²) in [7, 11) is 0. The number of likely N-dealkylation sites (tertiary alicyclic amines) is 1. The molecule has 29 heavy (non-hydrogen) atoms. The van der Waals surface area contributed by atoms with Crippen LogP contribution >= 0.6 is 0 Å². The smallest absolute Gasteiger partial charge is 0.409 e. The van der Waals surface area contributed by atoms with Crippen LogP contribution in [0.2, 0.25) is 0 Å². The van der Waals surface area contributed by atoms with Crippen molar-refractivity contribution in [3.8, 4) is 0 Å². The van der Waals surface area contributed by atoms with Crippen LogP contribution in [0.4, 0.5) is 4.79 Å². The molecule has 1 aromatic heterocycles. The average Bonchev–Trinajstić information content (AvgIpc) is 3.42. The van der Waals surface area contributed by atoms with Gasteiger partial charge in [0.05, 0.1) is 18.3 Å². The number of aromatic nitrogens is 1. The molecule has 9 heteroatoms. The Hall–Kier alpha value is -1.65. The average molecular weight is 405 g/mol. The standard InChI is InChI=1S/C20H32N6O3/c27-19(28)26-8-2-1-6-20(26,22-12-16-4-3-9-29-16)14-10-15-11-21-18-17(25(15)13-14)5-7-23-24-18/h10,13,16-18,21-24H,1-9,11-12H2,(H,27,28). The largest absolute Gasteiger partial charge is 0.465 e. The molecule has 4 atom stereocenters. The number of fused-ring (bicyclic) bond motifs is 3. The summed E-state index contributed by atoms with van der Waals surface area (Å²) in [5.74, 6) is 0. The third kappa shape index (κ3) is 3.44. The molecule has 0 aliphatic carbocycles. The van der Waals surface area contributed by atoms with Gasteiger partial charge in [0.15, 0.2) is 0 Å². The zero-order valence-electron chi connectivity index (χ0n) is 16.8. The van der Waals surface area contributed by atoms with E-state index in [-0.39, 0.29) is 12.3 Å². The molecule has 3 saturated heterocycles. The van der Waals surface area contributed by atoms with Crippen LogP contribution in [0, 0.1) is 0 Å². The Bertz CT molecular complexity index is 749. The number of carbonyl (C=O) groups is 1. The lowest BCUT2D eigenvalue weighted by atomic mass is 9.89. The van der Waals surface area contributed by atoms with Gasteiger partial charge in [-0.25, -0.2) is 10.2 Å². The van der Waals surface area contributed by atoms with Gasteiger partial charge in [-0.15, -0.1) is 0 Å². The number of hydrogen-bond acceptors (Lipinski definition) is 6. The van der Waals surface area contributed by atoms with Crippen molar-refractivity contribution in [2.75, 3.05) is 26.2 Å². The minimum atomic E-state index is -0.853. The lowest BCUT2D eigenvalue weighted by Crippen LogP contribution is -2.61. The van der Waals surface area contributed by atoms with Crippen molar-refractivity contribution in [2.24, 2.45) is 0 Å². The summed E-state index contributed by atoms with van der Waals surface area (Å²) in [6, 6.07) is 2.53. The van der Waals surface area contributed by atoms with Gasteiger partial charge in [-0.05, 0) is 44.6 Å². The van der Waals surface area contributed by atoms with Crippen LogP contribution in [0.1, 0.15) is 55.8 Å². The van der Waals surface area contributed by atoms with E-state index in [2.05, 4.69) is 38.3 Å². The molecule has 5 heterocycles. The van der Waals surface area contributed by atoms with Crippen molar-refractivity contribution in [1.82, 2.24) is 31.0 Å². The van der Waals surface area contributed by atoms with Gasteiger partial charge < -0.3 is 14.4 Å². The Morgan fingerprint density at radius 3 is 3.10 bits per heavy atom. The highest BCUT2D eigenvalue weighted by atomic mass is 16.5. The quantitative estimate of drug-likeness (QED) is 0.511. The molecule has 9 nitrogen and oxygen atoms in total. The summed E-state index contributed by atoms with van der Waals surface area (Å²) < 4.78 is 8.17. The maximum atomic E-state index is 12.2. The second kappa shape index (κ2) is 7.88. The summed E-state index contributed by atoms with van der Waals surface area (Å²) >= 11 is 0. The lowest BCUT2D eigenvalue weighted by Gasteiger charge is -2.46. The second-order valence-corrected chi connectivity index (χ2v) is 8.68. The topological polar surface area (TPSA) is 103 Å². The van der Waals surface area contributed by atoms with E-state index in [4.69, 9.17) is 4.74 Å². The van der Waals surface area contributed by atoms with Crippen molar-refractivity contribution >= 4 is 6.09 Å². The summed E-state index contributed by atoms with van der Waals surface area (Å²) in [6.07, 6.45) is 7.56. The Balaban J connectivity index is 1.49. The van der Waals surface area contributed by atoms with Crippen molar-refractivity contribution in [2.45, 2.75) is 69.0 Å². The Morgan fingerprint density at radius 2 is 2.28 bits per heavy atom. The van der Waals surface area contributed by atoms with E-state index in [1.807, 2.05) is 0 Å². The molecule has 160 valence electrons. The molecule has 0 aromatic carbocycles. The number of nitrogens with one attached hydrogen (secondary N) is 4. The van der Waals surface area contributed by atoms with Crippen molar-refractivity contribution in [1.29, 1.82) is 0 Å². The molecular weight excluding hydrogens is 372 g/mol. The normalized spacial score (nSPS) is 34.6. The molecule has 5 N–H and O–H groups in total. The predicted molar refractivity (Wildman–Crippen MR) is 107 cm³/mol. The van der Waals surface area contributed by atoms with Gasteiger partial charge in [-0.1, -0.05) is 0 Å². The number of hydrogen-bond donors (Lipinski definition) is 5. The van der Waals surface area contributed by atoms with Crippen LogP contribution < -0.4 is 21.5 Å². The van der Waals surface area contributed by atoms with Gasteiger partial charge in [0.2, 0.25) is 0 Å². The molecule has 1 aromatic rings. The summed E-state index contributed by atoms with van der Waals surface area (Å²) in [5, 5.41) is 17.3. The monoisotopic (exact) mass is 404 g/mol. The number of hydrazine groups is 1. The van der Waals surface area contributed by atoms with E-state index in [0.717, 1.165) is 63.8 Å². The van der Waals surface area contributed by atoms with Crippen molar-refractivity contribution < 1.29 is 14.6 Å². The molecule has 5 rings (SSSR count). The Kier molecular flexibility index (Phi) is 5.25. The zero-order chi connectivity index (χ0) is 19.8. The fraction of sp³-hybridized carbons (Fsp3) is 0.750. The van der Waals surface area contributed by atoms with Gasteiger partial charge in [-0.2, -0.15) is 0 Å². The van der Waals surface area contributed by atoms with Crippen LogP contribution in [0.5, 0.6) is 0 Å². The fourth-order valence-corrected chi connectivity index (χ4v) is 5.48. The molecular formula is C20H32N6O3. The molecule has 0 radical (unpaired) electrons. The summed E-state index contributed by atoms with van der Waals surface area (Å²) in [5.41, 5.74) is 8.16. The molecule has 4 unspecified atom stereocenters. The van der Waals surface area contributed by atoms with Gasteiger partial charge in [-0.3, -0.25) is 21.0 Å². The maximum absolute atomic E-state index is 12.2. The van der Waals surface area contributed by atoms with E-state index < -0.39 is 11.8 Å². The highest BCUT2D eigenvalue weighted by Crippen LogP contribution is 2.38. The number of rotatable bonds is 4. The third-order valence-corrected chi connectivity index (χ3v) is 6.99. The van der Waals surface area contributed by atoms with Crippen LogP contribution in [0.25, 0.3) is 0 Å². The first-order chi connectivity index (χ1) is 14.2. The van der Waals surface area contributed by atoms with Crippen LogP contribution in [0.3, 0.4) is 0 Å². The molecule has 4 aliphatic heterocycles. The first-order valence-corrected chi connectivity index (χ1v) is 11.0. The first kappa shape index (κ1) is 19.3. The van der Waals surface area contributed by atoms with E-state index in [9.17, 15) is 9.90 Å². The van der Waals surface area contributed by atoms with Crippen LogP contribution in [0.15, 0.2) is 12.3 Å². The predicted octanol–water partition coefficient (Wildman–Crippen LogP) is 1.04. The van der Waals surface area contributed by atoms with Crippen LogP contribution in [-0.2, 0) is 16.9 Å². The highest BCUT2D eigenvalue weighted by Gasteiger charge is 2.45. The summed E-state index contributed by atoms with van der Waals surface area (Å²) in [4.78, 5) is 13.9. The molecule has 3 fully saturated rings. The Morgan fingerprint density at radius 1 is 1.34 bits per heavy atom. The maximum Gasteiger partial charge on any atom is 0.409 e. The van der Waals surface area contributed by atoms with E-state index in [1.54, 1.807) is 4.90 Å². The molecule has 0 spiro atoms. The van der Waals surface area contributed by atoms with Crippen molar-refractivity contribution in [3.63, 3.8) is 0 Å². The third-order valence-electron chi connectivity index (χ3n) is 6.99. The number of ether oxygens (including phenoxy) is 1. The van der Waals surface area contributed by atoms with Crippen LogP contribution in [-0.4, -0.2) is 59.2 Å². The van der Waals surface area contributed by atoms with E-state index >= 15 is 0 Å². The number of carboxylic acid groups (broad SMARTS) is 1. The number of piperidine rings is 1. The number of nitrogens with zero attached hydrogens (tertiary/aromatic N) is 2. The number of amides is 1. The van der Waals surface area contributed by atoms with E-state index in [0.29, 0.717) is 19.1 Å². The second-order valence-electron chi connectivity index (χ2n) is 8.68. The van der Waals surface area contributed by atoms with Gasteiger partial charge in [0, 0.05) is 50.2 Å². The first-order valence-electron chi connectivity index (χ1n) is 11.0. The minimum absolute atomic E-state index is 0.168. The molecule has 4 aliphatic rings. The lowest BCUT2D eigenvalue weighted by molar-refractivity contribution is 0.00798. The highest BCUT2D eigenvalue weighted by molar-refractivity contribution is 5.67. The molecule has 0 saturated carbocycles. The summed E-state index contributed by atoms with van der Waals surface area (Å²) in [6.45, 7) is 3.73. The fourth-order valence-electron chi connectivity index (χ4n) is 5.48. The van der Waals surface area contributed by atoms with Gasteiger partial charge >= 0.3 is 6.09 Å².